The van der Waals surface area contributed by atoms with Crippen molar-refractivity contribution in [3.8, 4) is 0 Å². The Balaban J connectivity index is 1.99. The highest BCUT2D eigenvalue weighted by Crippen LogP contribution is 2.46. The van der Waals surface area contributed by atoms with E-state index in [0.717, 1.165) is 13.1 Å². The first-order valence-corrected chi connectivity index (χ1v) is 5.45. The van der Waals surface area contributed by atoms with E-state index in [1.54, 1.807) is 0 Å². The lowest BCUT2D eigenvalue weighted by Crippen LogP contribution is -2.29. The largest absolute Gasteiger partial charge is 0.370 e. The molecule has 0 aromatic carbocycles. The molecule has 70 valence electrons. The number of amides is 1. The van der Waals surface area contributed by atoms with Crippen molar-refractivity contribution in [2.75, 3.05) is 19.3 Å². The van der Waals surface area contributed by atoms with Gasteiger partial charge in [-0.2, -0.15) is 11.8 Å². The van der Waals surface area contributed by atoms with Gasteiger partial charge in [-0.05, 0) is 19.1 Å². The van der Waals surface area contributed by atoms with Crippen LogP contribution in [0.1, 0.15) is 19.3 Å². The third-order valence-corrected chi connectivity index (χ3v) is 3.65. The number of thioether (sulfide) groups is 1. The molecule has 0 radical (unpaired) electrons. The van der Waals surface area contributed by atoms with Crippen molar-refractivity contribution in [1.29, 1.82) is 0 Å². The van der Waals surface area contributed by atoms with Gasteiger partial charge in [-0.3, -0.25) is 4.79 Å². The van der Waals surface area contributed by atoms with E-state index in [4.69, 9.17) is 5.73 Å². The van der Waals surface area contributed by atoms with Crippen molar-refractivity contribution >= 4 is 17.7 Å². The van der Waals surface area contributed by atoms with Gasteiger partial charge in [0, 0.05) is 24.3 Å². The van der Waals surface area contributed by atoms with Crippen LogP contribution in [0.4, 0.5) is 0 Å². The molecular formula is C8H16N2OS. The summed E-state index contributed by atoms with van der Waals surface area (Å²) in [5, 5.41) is 3.25. The summed E-state index contributed by atoms with van der Waals surface area (Å²) in [6.07, 6.45) is 5.20. The molecule has 0 aromatic rings. The molecule has 1 aliphatic rings. The van der Waals surface area contributed by atoms with Gasteiger partial charge in [-0.25, -0.2) is 0 Å². The highest BCUT2D eigenvalue weighted by molar-refractivity contribution is 8.00. The van der Waals surface area contributed by atoms with Gasteiger partial charge in [0.1, 0.15) is 0 Å². The van der Waals surface area contributed by atoms with E-state index in [0.29, 0.717) is 11.2 Å². The summed E-state index contributed by atoms with van der Waals surface area (Å²) in [4.78, 5) is 10.4. The molecule has 0 aliphatic heterocycles. The van der Waals surface area contributed by atoms with Crippen LogP contribution in [0.15, 0.2) is 0 Å². The lowest BCUT2D eigenvalue weighted by atomic mass is 10.3. The van der Waals surface area contributed by atoms with Crippen molar-refractivity contribution in [2.24, 2.45) is 5.73 Å². The maximum absolute atomic E-state index is 10.4. The zero-order chi connectivity index (χ0) is 9.03. The fourth-order valence-corrected chi connectivity index (χ4v) is 1.88. The molecule has 0 saturated heterocycles. The van der Waals surface area contributed by atoms with Gasteiger partial charge >= 0.3 is 0 Å². The van der Waals surface area contributed by atoms with Crippen molar-refractivity contribution in [1.82, 2.24) is 5.32 Å². The lowest BCUT2D eigenvalue weighted by Gasteiger charge is -2.11. The van der Waals surface area contributed by atoms with E-state index in [1.165, 1.54) is 12.8 Å². The fourth-order valence-electron chi connectivity index (χ4n) is 1.12. The van der Waals surface area contributed by atoms with Crippen LogP contribution in [0.3, 0.4) is 0 Å². The van der Waals surface area contributed by atoms with Gasteiger partial charge in [0.25, 0.3) is 0 Å². The summed E-state index contributed by atoms with van der Waals surface area (Å²) in [5.74, 6) is -0.225. The average molecular weight is 188 g/mol. The highest BCUT2D eigenvalue weighted by atomic mass is 32.2. The molecule has 1 aliphatic carbocycles. The predicted molar refractivity (Wildman–Crippen MR) is 52.2 cm³/mol. The zero-order valence-corrected chi connectivity index (χ0v) is 8.25. The zero-order valence-electron chi connectivity index (χ0n) is 7.43. The molecule has 0 unspecified atom stereocenters. The lowest BCUT2D eigenvalue weighted by molar-refractivity contribution is -0.117. The van der Waals surface area contributed by atoms with E-state index in [2.05, 4.69) is 11.6 Å². The van der Waals surface area contributed by atoms with E-state index >= 15 is 0 Å². The molecule has 1 rings (SSSR count). The Hall–Kier alpha value is -0.220. The molecule has 1 amide bonds. The van der Waals surface area contributed by atoms with Crippen molar-refractivity contribution in [3.05, 3.63) is 0 Å². The molecule has 1 fully saturated rings. The van der Waals surface area contributed by atoms with Crippen molar-refractivity contribution in [2.45, 2.75) is 24.0 Å². The Bertz CT molecular complexity index is 168. The van der Waals surface area contributed by atoms with Gasteiger partial charge in [0.2, 0.25) is 5.91 Å². The Morgan fingerprint density at radius 2 is 2.33 bits per heavy atom. The molecular weight excluding hydrogens is 172 g/mol. The molecule has 0 heterocycles. The molecule has 0 bridgehead atoms. The van der Waals surface area contributed by atoms with Gasteiger partial charge in [-0.15, -0.1) is 0 Å². The summed E-state index contributed by atoms with van der Waals surface area (Å²) in [5.41, 5.74) is 5.01. The van der Waals surface area contributed by atoms with E-state index in [-0.39, 0.29) is 5.91 Å². The number of hydrogen-bond donors (Lipinski definition) is 2. The van der Waals surface area contributed by atoms with E-state index < -0.39 is 0 Å². The van der Waals surface area contributed by atoms with Gasteiger partial charge in [-0.1, -0.05) is 0 Å². The highest BCUT2D eigenvalue weighted by Gasteiger charge is 2.41. The Labute approximate surface area is 77.5 Å². The monoisotopic (exact) mass is 188 g/mol. The van der Waals surface area contributed by atoms with Crippen LogP contribution in [0.25, 0.3) is 0 Å². The van der Waals surface area contributed by atoms with E-state index in [9.17, 15) is 4.79 Å². The first kappa shape index (κ1) is 9.86. The molecule has 0 spiro atoms. The summed E-state index contributed by atoms with van der Waals surface area (Å²) in [6, 6.07) is 0. The normalized spacial score (nSPS) is 19.1. The first-order chi connectivity index (χ1) is 5.68. The Morgan fingerprint density at radius 3 is 2.75 bits per heavy atom. The van der Waals surface area contributed by atoms with Gasteiger partial charge in [0.15, 0.2) is 0 Å². The number of carbonyl (C=O) groups excluding carboxylic acids is 1. The van der Waals surface area contributed by atoms with Crippen LogP contribution in [-0.4, -0.2) is 30.0 Å². The number of nitrogens with two attached hydrogens (primary N) is 1. The minimum absolute atomic E-state index is 0.225. The molecule has 0 aromatic heterocycles. The summed E-state index contributed by atoms with van der Waals surface area (Å²) >= 11 is 1.92. The maximum Gasteiger partial charge on any atom is 0.218 e. The Morgan fingerprint density at radius 1 is 1.67 bits per heavy atom. The third kappa shape index (κ3) is 3.03. The summed E-state index contributed by atoms with van der Waals surface area (Å²) < 4.78 is 0.484. The Kier molecular flexibility index (Phi) is 3.40. The maximum atomic E-state index is 10.4. The second kappa shape index (κ2) is 4.14. The number of nitrogens with one attached hydrogen (secondary N) is 1. The van der Waals surface area contributed by atoms with Gasteiger partial charge in [0.05, 0.1) is 0 Å². The predicted octanol–water partition coefficient (Wildman–Crippen LogP) is 0.347. The summed E-state index contributed by atoms with van der Waals surface area (Å²) in [6.45, 7) is 1.74. The van der Waals surface area contributed by atoms with Crippen LogP contribution in [0.2, 0.25) is 0 Å². The van der Waals surface area contributed by atoms with Crippen LogP contribution < -0.4 is 11.1 Å². The van der Waals surface area contributed by atoms with Crippen LogP contribution >= 0.6 is 11.8 Å². The molecule has 1 saturated carbocycles. The summed E-state index contributed by atoms with van der Waals surface area (Å²) in [7, 11) is 0. The van der Waals surface area contributed by atoms with Crippen LogP contribution in [-0.2, 0) is 4.79 Å². The average Bonchev–Trinajstić information content (AvgIpc) is 2.79. The molecule has 4 heteroatoms. The van der Waals surface area contributed by atoms with Crippen LogP contribution in [0, 0.1) is 0 Å². The molecule has 3 nitrogen and oxygen atoms in total. The molecule has 0 atom stereocenters. The van der Waals surface area contributed by atoms with Crippen molar-refractivity contribution < 1.29 is 4.79 Å². The van der Waals surface area contributed by atoms with Crippen LogP contribution in [0.5, 0.6) is 0 Å². The third-order valence-electron chi connectivity index (χ3n) is 2.24. The number of hydrogen-bond acceptors (Lipinski definition) is 3. The number of primary amides is 1. The SMILES string of the molecule is CSC1(CNCCC(N)=O)CC1. The first-order valence-electron chi connectivity index (χ1n) is 4.23. The quantitative estimate of drug-likeness (QED) is 0.591. The second-order valence-electron chi connectivity index (χ2n) is 3.28. The van der Waals surface area contributed by atoms with Gasteiger partial charge < -0.3 is 11.1 Å². The van der Waals surface area contributed by atoms with E-state index in [1.807, 2.05) is 11.8 Å². The number of carbonyl (C=O) groups is 1. The standard InChI is InChI=1S/C8H16N2OS/c1-12-8(3-4-8)6-10-5-2-7(9)11/h10H,2-6H2,1H3,(H2,9,11). The molecule has 12 heavy (non-hydrogen) atoms. The minimum Gasteiger partial charge on any atom is -0.370 e. The second-order valence-corrected chi connectivity index (χ2v) is 4.55. The number of rotatable bonds is 6. The minimum atomic E-state index is -0.225. The topological polar surface area (TPSA) is 55.1 Å². The molecule has 3 N–H and O–H groups in total. The smallest absolute Gasteiger partial charge is 0.218 e. The fraction of sp³-hybridized carbons (Fsp3) is 0.875. The van der Waals surface area contributed by atoms with Crippen molar-refractivity contribution in [3.63, 3.8) is 0 Å².